The molecule has 2 aliphatic rings. The maximum Gasteiger partial charge on any atom is 0.338 e. The van der Waals surface area contributed by atoms with Gasteiger partial charge in [-0.05, 0) is 56.0 Å². The van der Waals surface area contributed by atoms with E-state index in [0.717, 1.165) is 4.88 Å². The maximum atomic E-state index is 15.5. The monoisotopic (exact) mass is 578 g/mol. The van der Waals surface area contributed by atoms with E-state index in [1.54, 1.807) is 26.0 Å². The van der Waals surface area contributed by atoms with Gasteiger partial charge in [-0.1, -0.05) is 30.3 Å². The Labute approximate surface area is 239 Å². The Morgan fingerprint density at radius 1 is 1.02 bits per heavy atom. The summed E-state index contributed by atoms with van der Waals surface area (Å²) in [5.41, 5.74) is 7.17. The number of thiophene rings is 1. The largest absolute Gasteiger partial charge is 0.465 e. The number of ketones is 1. The molecule has 7 nitrogen and oxygen atoms in total. The van der Waals surface area contributed by atoms with E-state index in [1.165, 1.54) is 52.6 Å². The molecule has 0 fully saturated rings. The molecule has 1 aliphatic carbocycles. The number of carbonyl (C=O) groups excluding carboxylic acids is 3. The average molecular weight is 579 g/mol. The number of allylic oxidation sites excluding steroid dienone is 2. The zero-order valence-electron chi connectivity index (χ0n) is 22.4. The van der Waals surface area contributed by atoms with Gasteiger partial charge >= 0.3 is 11.9 Å². The molecule has 2 heterocycles. The Kier molecular flexibility index (Phi) is 8.03. The Morgan fingerprint density at radius 3 is 2.44 bits per heavy atom. The molecule has 5 rings (SSSR count). The van der Waals surface area contributed by atoms with Gasteiger partial charge in [-0.3, -0.25) is 14.5 Å². The molecule has 212 valence electrons. The fraction of sp³-hybridized carbons (Fsp3) is 0.258. The molecule has 3 aromatic rings. The third-order valence-electron chi connectivity index (χ3n) is 7.27. The average Bonchev–Trinajstić information content (AvgIpc) is 3.48. The molecular formula is C31H28F2N2O5S. The fourth-order valence-corrected chi connectivity index (χ4v) is 6.50. The highest BCUT2D eigenvalue weighted by atomic mass is 32.1. The topological polar surface area (TPSA) is 98.9 Å². The lowest BCUT2D eigenvalue weighted by Gasteiger charge is -2.43. The minimum atomic E-state index is -1.27. The first-order valence-electron chi connectivity index (χ1n) is 13.2. The second kappa shape index (κ2) is 11.7. The summed E-state index contributed by atoms with van der Waals surface area (Å²) in [5, 5.41) is 1.84. The van der Waals surface area contributed by atoms with Gasteiger partial charge in [0.2, 0.25) is 0 Å². The van der Waals surface area contributed by atoms with Crippen LogP contribution in [0.2, 0.25) is 0 Å². The van der Waals surface area contributed by atoms with Crippen LogP contribution >= 0.6 is 11.3 Å². The van der Waals surface area contributed by atoms with Crippen molar-refractivity contribution in [3.63, 3.8) is 0 Å². The number of nitrogens with two attached hydrogens (primary N) is 1. The van der Waals surface area contributed by atoms with Crippen LogP contribution in [0.25, 0.3) is 0 Å². The molecule has 0 unspecified atom stereocenters. The first-order chi connectivity index (χ1) is 19.8. The first kappa shape index (κ1) is 28.2. The Hall–Kier alpha value is -4.31. The molecule has 0 bridgehead atoms. The summed E-state index contributed by atoms with van der Waals surface area (Å²) in [6, 6.07) is 15.0. The van der Waals surface area contributed by atoms with Gasteiger partial charge < -0.3 is 15.2 Å². The lowest BCUT2D eigenvalue weighted by Crippen LogP contribution is -2.46. The molecule has 0 saturated carbocycles. The van der Waals surface area contributed by atoms with Gasteiger partial charge in [0, 0.05) is 27.6 Å². The number of benzene rings is 2. The van der Waals surface area contributed by atoms with Crippen molar-refractivity contribution < 1.29 is 32.6 Å². The third-order valence-corrected chi connectivity index (χ3v) is 8.27. The molecule has 41 heavy (non-hydrogen) atoms. The van der Waals surface area contributed by atoms with Gasteiger partial charge in [-0.15, -0.1) is 11.3 Å². The van der Waals surface area contributed by atoms with Crippen molar-refractivity contribution in [2.75, 3.05) is 18.1 Å². The summed E-state index contributed by atoms with van der Waals surface area (Å²) in [6.45, 7) is 3.30. The molecule has 1 aromatic heterocycles. The number of hydrogen-bond acceptors (Lipinski definition) is 8. The lowest BCUT2D eigenvalue weighted by molar-refractivity contribution is -0.152. The summed E-state index contributed by atoms with van der Waals surface area (Å²) in [4.78, 5) is 43.6. The SMILES string of the molecule is CCOC(=O)C1=C(N)N(c2cccc(F)c2)C2=C(C(=O)[C@H](C(=O)OCC)[C@@H](c3cccs3)C2)[C@H]1c1ccccc1F. The van der Waals surface area contributed by atoms with Crippen LogP contribution in [-0.2, 0) is 23.9 Å². The number of halogens is 2. The molecule has 2 aromatic carbocycles. The maximum absolute atomic E-state index is 15.5. The van der Waals surface area contributed by atoms with Gasteiger partial charge in [-0.25, -0.2) is 13.6 Å². The molecule has 1 aliphatic heterocycles. The number of ether oxygens (including phenoxy) is 2. The fourth-order valence-electron chi connectivity index (χ4n) is 5.64. The highest BCUT2D eigenvalue weighted by molar-refractivity contribution is 7.10. The van der Waals surface area contributed by atoms with Gasteiger partial charge in [0.05, 0.1) is 30.4 Å². The molecule has 0 radical (unpaired) electrons. The lowest BCUT2D eigenvalue weighted by atomic mass is 9.68. The second-order valence-electron chi connectivity index (χ2n) is 9.57. The Bertz CT molecular complexity index is 1570. The van der Waals surface area contributed by atoms with Crippen LogP contribution in [0.4, 0.5) is 14.5 Å². The summed E-state index contributed by atoms with van der Waals surface area (Å²) < 4.78 is 40.6. The zero-order valence-corrected chi connectivity index (χ0v) is 23.3. The van der Waals surface area contributed by atoms with Crippen LogP contribution in [-0.4, -0.2) is 30.9 Å². The van der Waals surface area contributed by atoms with Crippen LogP contribution in [0.15, 0.2) is 88.7 Å². The number of Topliss-reactive ketones (excluding diaryl/α,β-unsaturated/α-hetero) is 1. The van der Waals surface area contributed by atoms with Gasteiger partial charge in [0.1, 0.15) is 23.4 Å². The van der Waals surface area contributed by atoms with Crippen molar-refractivity contribution in [1.82, 2.24) is 0 Å². The minimum absolute atomic E-state index is 0.00861. The standard InChI is InChI=1S/C31H28F2N2O5S/c1-3-39-30(37)25-20(23-13-8-14-41-23)16-22-26(28(25)36)24(19-11-5-6-12-21(19)33)27(31(38)40-4-2)29(34)35(22)18-10-7-9-17(32)15-18/h5-15,20,24-25H,3-4,16,34H2,1-2H3/t20-,24-,25-/m1/s1. The van der Waals surface area contributed by atoms with Crippen LogP contribution < -0.4 is 10.6 Å². The molecule has 3 atom stereocenters. The molecule has 0 amide bonds. The van der Waals surface area contributed by atoms with Crippen molar-refractivity contribution in [2.24, 2.45) is 11.7 Å². The highest BCUT2D eigenvalue weighted by Crippen LogP contribution is 2.52. The van der Waals surface area contributed by atoms with E-state index in [4.69, 9.17) is 15.2 Å². The summed E-state index contributed by atoms with van der Waals surface area (Å²) in [5.74, 6) is -6.69. The molecule has 10 heteroatoms. The number of anilines is 1. The number of nitrogens with zero attached hydrogens (tertiary/aromatic N) is 1. The van der Waals surface area contributed by atoms with Crippen molar-refractivity contribution in [2.45, 2.75) is 32.1 Å². The normalized spacial score (nSPS) is 20.6. The number of hydrogen-bond donors (Lipinski definition) is 1. The van der Waals surface area contributed by atoms with Gasteiger partial charge in [-0.2, -0.15) is 0 Å². The molecule has 0 saturated heterocycles. The van der Waals surface area contributed by atoms with Crippen molar-refractivity contribution >= 4 is 34.7 Å². The highest BCUT2D eigenvalue weighted by Gasteiger charge is 2.52. The molecular weight excluding hydrogens is 550 g/mol. The quantitative estimate of drug-likeness (QED) is 0.290. The Balaban J connectivity index is 1.83. The van der Waals surface area contributed by atoms with Crippen molar-refractivity contribution in [3.8, 4) is 0 Å². The predicted octanol–water partition coefficient (Wildman–Crippen LogP) is 5.55. The van der Waals surface area contributed by atoms with Crippen molar-refractivity contribution in [1.29, 1.82) is 0 Å². The van der Waals surface area contributed by atoms with Crippen LogP contribution in [0.5, 0.6) is 0 Å². The zero-order chi connectivity index (χ0) is 29.3. The molecule has 0 spiro atoms. The van der Waals surface area contributed by atoms with E-state index >= 15 is 4.39 Å². The third kappa shape index (κ3) is 5.04. The van der Waals surface area contributed by atoms with E-state index in [9.17, 15) is 18.8 Å². The number of rotatable bonds is 7. The number of esters is 2. The molecule has 2 N–H and O–H groups in total. The van der Waals surface area contributed by atoms with E-state index in [1.807, 2.05) is 17.5 Å². The van der Waals surface area contributed by atoms with E-state index in [0.29, 0.717) is 5.70 Å². The van der Waals surface area contributed by atoms with Crippen LogP contribution in [0, 0.1) is 17.6 Å². The second-order valence-corrected chi connectivity index (χ2v) is 10.5. The van der Waals surface area contributed by atoms with E-state index in [2.05, 4.69) is 0 Å². The predicted molar refractivity (Wildman–Crippen MR) is 150 cm³/mol. The van der Waals surface area contributed by atoms with E-state index in [-0.39, 0.29) is 47.9 Å². The summed E-state index contributed by atoms with van der Waals surface area (Å²) in [7, 11) is 0. The van der Waals surface area contributed by atoms with Crippen LogP contribution in [0.1, 0.15) is 42.5 Å². The smallest absolute Gasteiger partial charge is 0.338 e. The first-order valence-corrected chi connectivity index (χ1v) is 14.1. The van der Waals surface area contributed by atoms with E-state index < -0.39 is 47.1 Å². The van der Waals surface area contributed by atoms with Crippen molar-refractivity contribution in [3.05, 3.63) is 111 Å². The Morgan fingerprint density at radius 2 is 1.78 bits per heavy atom. The summed E-state index contributed by atoms with van der Waals surface area (Å²) >= 11 is 1.38. The van der Waals surface area contributed by atoms with Gasteiger partial charge in [0.25, 0.3) is 0 Å². The minimum Gasteiger partial charge on any atom is -0.465 e. The summed E-state index contributed by atoms with van der Waals surface area (Å²) in [6.07, 6.45) is 0.114. The van der Waals surface area contributed by atoms with Gasteiger partial charge in [0.15, 0.2) is 5.78 Å². The number of carbonyl (C=O) groups is 3. The van der Waals surface area contributed by atoms with Crippen LogP contribution in [0.3, 0.4) is 0 Å².